The van der Waals surface area contributed by atoms with Gasteiger partial charge in [-0.2, -0.15) is 0 Å². The Morgan fingerprint density at radius 3 is 2.54 bits per heavy atom. The average molecular weight is 348 g/mol. The van der Waals surface area contributed by atoms with Crippen molar-refractivity contribution in [2.24, 2.45) is 7.05 Å². The van der Waals surface area contributed by atoms with Crippen LogP contribution in [-0.4, -0.2) is 29.6 Å². The third-order valence-electron chi connectivity index (χ3n) is 5.17. The predicted octanol–water partition coefficient (Wildman–Crippen LogP) is 2.99. The molecule has 2 atom stereocenters. The minimum absolute atomic E-state index is 0.0830. The molecule has 0 radical (unpaired) electrons. The summed E-state index contributed by atoms with van der Waals surface area (Å²) in [5.41, 5.74) is 3.66. The number of nitrogens with zero attached hydrogens (tertiary/aromatic N) is 1. The zero-order valence-electron chi connectivity index (χ0n) is 14.7. The fourth-order valence-corrected chi connectivity index (χ4v) is 3.97. The van der Waals surface area contributed by atoms with Gasteiger partial charge in [0.25, 0.3) is 5.91 Å². The molecule has 132 valence electrons. The zero-order chi connectivity index (χ0) is 18.3. The van der Waals surface area contributed by atoms with Crippen molar-refractivity contribution in [1.29, 1.82) is 0 Å². The topological polar surface area (TPSA) is 60.3 Å². The van der Waals surface area contributed by atoms with Crippen molar-refractivity contribution in [2.75, 3.05) is 7.11 Å². The van der Waals surface area contributed by atoms with Gasteiger partial charge < -0.3 is 14.6 Å². The quantitative estimate of drug-likeness (QED) is 0.724. The van der Waals surface area contributed by atoms with E-state index in [0.717, 1.165) is 22.0 Å². The van der Waals surface area contributed by atoms with Gasteiger partial charge in [-0.05, 0) is 23.6 Å². The van der Waals surface area contributed by atoms with Crippen LogP contribution in [0.3, 0.4) is 0 Å². The number of esters is 1. The van der Waals surface area contributed by atoms with Crippen molar-refractivity contribution in [1.82, 2.24) is 9.88 Å². The van der Waals surface area contributed by atoms with Gasteiger partial charge in [0.05, 0.1) is 7.11 Å². The molecule has 0 saturated carbocycles. The number of ether oxygens (including phenoxy) is 1. The Morgan fingerprint density at radius 2 is 1.81 bits per heavy atom. The highest BCUT2D eigenvalue weighted by Crippen LogP contribution is 2.39. The first kappa shape index (κ1) is 16.4. The van der Waals surface area contributed by atoms with Gasteiger partial charge in [0.15, 0.2) is 0 Å². The van der Waals surface area contributed by atoms with Crippen LogP contribution in [0.4, 0.5) is 0 Å². The summed E-state index contributed by atoms with van der Waals surface area (Å²) in [7, 11) is 3.24. The summed E-state index contributed by atoms with van der Waals surface area (Å²) < 4.78 is 6.82. The summed E-state index contributed by atoms with van der Waals surface area (Å²) in [6, 6.07) is 17.3. The number of aromatic nitrogens is 1. The fraction of sp³-hybridized carbons (Fsp3) is 0.238. The Balaban J connectivity index is 1.98. The largest absolute Gasteiger partial charge is 0.467 e. The van der Waals surface area contributed by atoms with Gasteiger partial charge in [-0.25, -0.2) is 4.79 Å². The van der Waals surface area contributed by atoms with Gasteiger partial charge in [0.2, 0.25) is 0 Å². The smallest absolute Gasteiger partial charge is 0.328 e. The first-order chi connectivity index (χ1) is 12.6. The van der Waals surface area contributed by atoms with E-state index in [2.05, 4.69) is 5.32 Å². The van der Waals surface area contributed by atoms with E-state index in [0.29, 0.717) is 12.1 Å². The van der Waals surface area contributed by atoms with E-state index in [4.69, 9.17) is 4.74 Å². The van der Waals surface area contributed by atoms with E-state index >= 15 is 0 Å². The molecule has 0 saturated heterocycles. The van der Waals surface area contributed by atoms with Crippen molar-refractivity contribution in [3.63, 3.8) is 0 Å². The number of amides is 1. The van der Waals surface area contributed by atoms with E-state index in [9.17, 15) is 9.59 Å². The number of benzene rings is 2. The Morgan fingerprint density at radius 1 is 1.12 bits per heavy atom. The van der Waals surface area contributed by atoms with Crippen molar-refractivity contribution < 1.29 is 14.3 Å². The van der Waals surface area contributed by atoms with Crippen molar-refractivity contribution in [2.45, 2.75) is 18.4 Å². The lowest BCUT2D eigenvalue weighted by Gasteiger charge is -2.20. The van der Waals surface area contributed by atoms with Crippen LogP contribution in [-0.2, 0) is 16.6 Å². The number of hydrogen-bond donors (Lipinski definition) is 1. The molecule has 5 nitrogen and oxygen atoms in total. The molecule has 2 heterocycles. The molecule has 26 heavy (non-hydrogen) atoms. The zero-order valence-corrected chi connectivity index (χ0v) is 14.7. The molecular weight excluding hydrogens is 328 g/mol. The third kappa shape index (κ3) is 2.47. The first-order valence-corrected chi connectivity index (χ1v) is 8.62. The number of rotatable bonds is 2. The van der Waals surface area contributed by atoms with Gasteiger partial charge in [0.1, 0.15) is 11.7 Å². The van der Waals surface area contributed by atoms with Crippen LogP contribution in [0, 0.1) is 0 Å². The Labute approximate surface area is 151 Å². The number of carbonyl (C=O) groups excluding carboxylic acids is 2. The lowest BCUT2D eigenvalue weighted by atomic mass is 9.85. The normalized spacial score (nSPS) is 19.5. The number of hydrogen-bond acceptors (Lipinski definition) is 3. The maximum absolute atomic E-state index is 13.0. The van der Waals surface area contributed by atoms with Crippen molar-refractivity contribution >= 4 is 22.8 Å². The molecule has 0 spiro atoms. The molecule has 0 fully saturated rings. The number of carbonyl (C=O) groups is 2. The van der Waals surface area contributed by atoms with Crippen LogP contribution in [0.2, 0.25) is 0 Å². The Bertz CT molecular complexity index is 991. The third-order valence-corrected chi connectivity index (χ3v) is 5.17. The minimum atomic E-state index is -0.677. The fourth-order valence-electron chi connectivity index (χ4n) is 3.97. The highest BCUT2D eigenvalue weighted by Gasteiger charge is 2.37. The molecule has 1 N–H and O–H groups in total. The van der Waals surface area contributed by atoms with Crippen LogP contribution >= 0.6 is 0 Å². The molecule has 3 aromatic rings. The number of methoxy groups -OCH3 is 1. The number of para-hydroxylation sites is 1. The summed E-state index contributed by atoms with van der Waals surface area (Å²) in [6.07, 6.45) is 0.462. The molecule has 1 aliphatic heterocycles. The lowest BCUT2D eigenvalue weighted by Crippen LogP contribution is -2.41. The highest BCUT2D eigenvalue weighted by atomic mass is 16.5. The monoisotopic (exact) mass is 348 g/mol. The number of nitrogens with one attached hydrogen (secondary N) is 1. The second-order valence-corrected chi connectivity index (χ2v) is 6.59. The van der Waals surface area contributed by atoms with Gasteiger partial charge in [0, 0.05) is 23.9 Å². The van der Waals surface area contributed by atoms with Gasteiger partial charge in [-0.3, -0.25) is 4.79 Å². The maximum atomic E-state index is 13.0. The standard InChI is InChI=1S/C21H20N2O3/c1-23-17-11-7-6-10-14(17)18-15(13-8-4-3-5-9-13)12-16(21(25)26-2)22-20(24)19(18)23/h3-11,15-16H,12H2,1-2H3,(H,22,24). The second-order valence-electron chi connectivity index (χ2n) is 6.59. The van der Waals surface area contributed by atoms with E-state index in [1.165, 1.54) is 7.11 Å². The number of fused-ring (bicyclic) bond motifs is 3. The Hall–Kier alpha value is -3.08. The van der Waals surface area contributed by atoms with E-state index in [-0.39, 0.29) is 11.8 Å². The Kier molecular flexibility index (Phi) is 3.99. The average Bonchev–Trinajstić information content (AvgIpc) is 2.87. The van der Waals surface area contributed by atoms with Crippen LogP contribution in [0.5, 0.6) is 0 Å². The van der Waals surface area contributed by atoms with Gasteiger partial charge in [-0.1, -0.05) is 48.5 Å². The summed E-state index contributed by atoms with van der Waals surface area (Å²) in [5, 5.41) is 3.89. The first-order valence-electron chi connectivity index (χ1n) is 8.62. The van der Waals surface area contributed by atoms with E-state index in [1.54, 1.807) is 0 Å². The van der Waals surface area contributed by atoms with Crippen LogP contribution in [0.1, 0.15) is 34.0 Å². The molecule has 1 amide bonds. The summed E-state index contributed by atoms with van der Waals surface area (Å²) in [5.74, 6) is -0.746. The van der Waals surface area contributed by atoms with Gasteiger partial charge in [-0.15, -0.1) is 0 Å². The lowest BCUT2D eigenvalue weighted by molar-refractivity contribution is -0.143. The number of aryl methyl sites for hydroxylation is 1. The van der Waals surface area contributed by atoms with Crippen molar-refractivity contribution in [3.05, 3.63) is 71.4 Å². The van der Waals surface area contributed by atoms with Crippen LogP contribution in [0.15, 0.2) is 54.6 Å². The summed E-state index contributed by atoms with van der Waals surface area (Å²) in [6.45, 7) is 0. The minimum Gasteiger partial charge on any atom is -0.467 e. The highest BCUT2D eigenvalue weighted by molar-refractivity contribution is 6.04. The summed E-state index contributed by atoms with van der Waals surface area (Å²) in [4.78, 5) is 25.2. The molecule has 2 aromatic carbocycles. The maximum Gasteiger partial charge on any atom is 0.328 e. The van der Waals surface area contributed by atoms with Gasteiger partial charge >= 0.3 is 5.97 Å². The SMILES string of the molecule is COC(=O)C1CC(c2ccccc2)c2c(n(C)c3ccccc23)C(=O)N1. The second kappa shape index (κ2) is 6.33. The predicted molar refractivity (Wildman–Crippen MR) is 99.1 cm³/mol. The molecule has 4 rings (SSSR count). The molecule has 5 heteroatoms. The molecule has 2 unspecified atom stereocenters. The van der Waals surface area contributed by atoms with Crippen molar-refractivity contribution in [3.8, 4) is 0 Å². The molecule has 1 aromatic heterocycles. The van der Waals surface area contributed by atoms with E-state index in [1.807, 2.05) is 66.2 Å². The van der Waals surface area contributed by atoms with E-state index < -0.39 is 12.0 Å². The summed E-state index contributed by atoms with van der Waals surface area (Å²) >= 11 is 0. The molecule has 1 aliphatic rings. The molecule has 0 bridgehead atoms. The van der Waals surface area contributed by atoms with Crippen LogP contribution in [0.25, 0.3) is 10.9 Å². The van der Waals surface area contributed by atoms with Crippen LogP contribution < -0.4 is 5.32 Å². The molecular formula is C21H20N2O3. The molecule has 0 aliphatic carbocycles.